The predicted molar refractivity (Wildman–Crippen MR) is 99.3 cm³/mol. The van der Waals surface area contributed by atoms with E-state index in [0.29, 0.717) is 21.9 Å². The third kappa shape index (κ3) is 4.70. The second kappa shape index (κ2) is 8.82. The molecule has 0 fully saturated rings. The van der Waals surface area contributed by atoms with Crippen LogP contribution in [0, 0.1) is 0 Å². The van der Waals surface area contributed by atoms with Crippen molar-refractivity contribution in [3.8, 4) is 0 Å². The third-order valence-corrected chi connectivity index (χ3v) is 5.33. The number of nitrogens with zero attached hydrogens (tertiary/aromatic N) is 2. The molecule has 134 valence electrons. The van der Waals surface area contributed by atoms with Crippen molar-refractivity contribution < 1.29 is 14.3 Å². The first-order valence-corrected chi connectivity index (χ1v) is 9.53. The number of hydrogen-bond acceptors (Lipinski definition) is 7. The Bertz CT molecular complexity index is 857. The molecule has 0 aliphatic heterocycles. The van der Waals surface area contributed by atoms with Gasteiger partial charge in [-0.05, 0) is 19.4 Å². The molecule has 9 heteroatoms. The lowest BCUT2D eigenvalue weighted by Crippen LogP contribution is -2.32. The van der Waals surface area contributed by atoms with Crippen molar-refractivity contribution in [2.45, 2.75) is 32.0 Å². The number of fused-ring (bicyclic) bond motifs is 1. The summed E-state index contributed by atoms with van der Waals surface area (Å²) in [6.07, 6.45) is 1.64. The van der Waals surface area contributed by atoms with Crippen LogP contribution < -0.4 is 10.9 Å². The van der Waals surface area contributed by atoms with Gasteiger partial charge in [0.2, 0.25) is 5.91 Å². The van der Waals surface area contributed by atoms with E-state index in [2.05, 4.69) is 21.6 Å². The highest BCUT2D eigenvalue weighted by molar-refractivity contribution is 7.99. The third-order valence-electron chi connectivity index (χ3n) is 3.18. The molecule has 0 radical (unpaired) electrons. The molecule has 0 atom stereocenters. The van der Waals surface area contributed by atoms with Crippen LogP contribution in [0.15, 0.2) is 28.7 Å². The highest BCUT2D eigenvalue weighted by Gasteiger charge is 2.16. The van der Waals surface area contributed by atoms with Gasteiger partial charge in [-0.15, -0.1) is 17.9 Å². The number of ether oxygens (including phenoxy) is 1. The van der Waals surface area contributed by atoms with E-state index < -0.39 is 12.0 Å². The Morgan fingerprint density at radius 1 is 1.48 bits per heavy atom. The van der Waals surface area contributed by atoms with Crippen molar-refractivity contribution in [1.29, 1.82) is 0 Å². The van der Waals surface area contributed by atoms with Crippen molar-refractivity contribution in [3.63, 3.8) is 0 Å². The number of hydrogen-bond donors (Lipinski definition) is 1. The number of amides is 2. The zero-order valence-corrected chi connectivity index (χ0v) is 15.7. The fourth-order valence-corrected chi connectivity index (χ4v) is 3.89. The molecule has 1 N–H and O–H groups in total. The number of thiophene rings is 1. The molecule has 2 aromatic heterocycles. The number of thioether (sulfide) groups is 1. The Morgan fingerprint density at radius 3 is 2.88 bits per heavy atom. The quantitative estimate of drug-likeness (QED) is 0.450. The van der Waals surface area contributed by atoms with E-state index in [1.54, 1.807) is 13.0 Å². The van der Waals surface area contributed by atoms with Crippen LogP contribution in [0.1, 0.15) is 18.7 Å². The molecular weight excluding hydrogens is 362 g/mol. The van der Waals surface area contributed by atoms with E-state index in [0.717, 1.165) is 23.1 Å². The Labute approximate surface area is 153 Å². The molecule has 2 aromatic rings. The first-order chi connectivity index (χ1) is 12.0. The Balaban J connectivity index is 2.25. The number of rotatable bonds is 7. The molecule has 7 nitrogen and oxygen atoms in total. The minimum absolute atomic E-state index is 0.0556. The van der Waals surface area contributed by atoms with Crippen LogP contribution >= 0.6 is 23.1 Å². The van der Waals surface area contributed by atoms with Gasteiger partial charge in [0.05, 0.1) is 17.7 Å². The summed E-state index contributed by atoms with van der Waals surface area (Å²) in [7, 11) is 0. The van der Waals surface area contributed by atoms with Crippen LogP contribution in [0.25, 0.3) is 10.2 Å². The maximum atomic E-state index is 12.7. The fraction of sp³-hybridized carbons (Fsp3) is 0.375. The largest absolute Gasteiger partial charge is 0.450 e. The fourth-order valence-electron chi connectivity index (χ4n) is 2.07. The van der Waals surface area contributed by atoms with Crippen LogP contribution in [-0.2, 0) is 22.5 Å². The highest BCUT2D eigenvalue weighted by Crippen LogP contribution is 2.25. The molecule has 0 aliphatic carbocycles. The number of imide groups is 1. The Hall–Kier alpha value is -2.13. The van der Waals surface area contributed by atoms with Crippen molar-refractivity contribution in [3.05, 3.63) is 34.0 Å². The number of alkyl carbamates (subject to hydrolysis) is 1. The van der Waals surface area contributed by atoms with Gasteiger partial charge in [0, 0.05) is 11.4 Å². The molecule has 0 unspecified atom stereocenters. The average molecular weight is 381 g/mol. The maximum Gasteiger partial charge on any atom is 0.413 e. The van der Waals surface area contributed by atoms with Gasteiger partial charge in [-0.3, -0.25) is 19.5 Å². The summed E-state index contributed by atoms with van der Waals surface area (Å²) in [6, 6.07) is 1.86. The Kier molecular flexibility index (Phi) is 6.77. The van der Waals surface area contributed by atoms with E-state index >= 15 is 0 Å². The maximum absolute atomic E-state index is 12.7. The SMILES string of the molecule is C=CCn1c(SCC(=O)NC(=O)OCC)nc2sc(CC)cc2c1=O. The van der Waals surface area contributed by atoms with Gasteiger partial charge in [-0.1, -0.05) is 24.8 Å². The molecule has 2 rings (SSSR count). The minimum Gasteiger partial charge on any atom is -0.450 e. The molecule has 2 heterocycles. The summed E-state index contributed by atoms with van der Waals surface area (Å²) in [5.74, 6) is -0.566. The number of aryl methyl sites for hydroxylation is 1. The number of carbonyl (C=O) groups is 2. The lowest BCUT2D eigenvalue weighted by atomic mass is 10.3. The van der Waals surface area contributed by atoms with E-state index in [-0.39, 0.29) is 17.9 Å². The second-order valence-electron chi connectivity index (χ2n) is 4.94. The van der Waals surface area contributed by atoms with Crippen molar-refractivity contribution in [2.24, 2.45) is 0 Å². The van der Waals surface area contributed by atoms with Crippen molar-refractivity contribution in [2.75, 3.05) is 12.4 Å². The predicted octanol–water partition coefficient (Wildman–Crippen LogP) is 2.57. The van der Waals surface area contributed by atoms with E-state index in [1.165, 1.54) is 15.9 Å². The molecular formula is C16H19N3O4S2. The zero-order chi connectivity index (χ0) is 18.4. The second-order valence-corrected chi connectivity index (χ2v) is 7.00. The smallest absolute Gasteiger partial charge is 0.413 e. The molecule has 2 amide bonds. The molecule has 0 saturated heterocycles. The van der Waals surface area contributed by atoms with Gasteiger partial charge in [-0.2, -0.15) is 0 Å². The standard InChI is InChI=1S/C16H19N3O4S2/c1-4-7-19-14(21)11-8-10(5-2)25-13(11)18-15(19)24-9-12(20)17-16(22)23-6-3/h4,8H,1,5-7,9H2,2-3H3,(H,17,20,22). The van der Waals surface area contributed by atoms with Gasteiger partial charge in [-0.25, -0.2) is 9.78 Å². The first-order valence-electron chi connectivity index (χ1n) is 7.73. The van der Waals surface area contributed by atoms with Crippen LogP contribution in [0.5, 0.6) is 0 Å². The molecule has 25 heavy (non-hydrogen) atoms. The number of nitrogens with one attached hydrogen (secondary N) is 1. The summed E-state index contributed by atoms with van der Waals surface area (Å²) < 4.78 is 6.13. The topological polar surface area (TPSA) is 90.3 Å². The minimum atomic E-state index is -0.786. The molecule has 0 spiro atoms. The van der Waals surface area contributed by atoms with E-state index in [1.807, 2.05) is 13.0 Å². The van der Waals surface area contributed by atoms with Crippen molar-refractivity contribution >= 4 is 45.3 Å². The van der Waals surface area contributed by atoms with E-state index in [4.69, 9.17) is 0 Å². The lowest BCUT2D eigenvalue weighted by molar-refractivity contribution is -0.117. The number of carbonyl (C=O) groups excluding carboxylic acids is 2. The van der Waals surface area contributed by atoms with Gasteiger partial charge in [0.25, 0.3) is 5.56 Å². The van der Waals surface area contributed by atoms with Crippen molar-refractivity contribution in [1.82, 2.24) is 14.9 Å². The van der Waals surface area contributed by atoms with Crippen LogP contribution in [0.3, 0.4) is 0 Å². The van der Waals surface area contributed by atoms with Gasteiger partial charge < -0.3 is 4.74 Å². The zero-order valence-electron chi connectivity index (χ0n) is 14.0. The summed E-state index contributed by atoms with van der Waals surface area (Å²) in [6.45, 7) is 7.80. The molecule has 0 aromatic carbocycles. The Morgan fingerprint density at radius 2 is 2.24 bits per heavy atom. The molecule has 0 saturated carbocycles. The molecule has 0 aliphatic rings. The summed E-state index contributed by atoms with van der Waals surface area (Å²) in [4.78, 5) is 42.0. The normalized spacial score (nSPS) is 10.6. The molecule has 0 bridgehead atoms. The first kappa shape index (κ1) is 19.2. The summed E-state index contributed by atoms with van der Waals surface area (Å²) in [5.41, 5.74) is -0.158. The van der Waals surface area contributed by atoms with Crippen LogP contribution in [0.4, 0.5) is 4.79 Å². The van der Waals surface area contributed by atoms with Crippen LogP contribution in [-0.4, -0.2) is 33.9 Å². The average Bonchev–Trinajstić information content (AvgIpc) is 2.99. The van der Waals surface area contributed by atoms with E-state index in [9.17, 15) is 14.4 Å². The monoisotopic (exact) mass is 381 g/mol. The lowest BCUT2D eigenvalue weighted by Gasteiger charge is -2.09. The summed E-state index contributed by atoms with van der Waals surface area (Å²) in [5, 5.41) is 3.10. The van der Waals surface area contributed by atoms with Crippen LogP contribution in [0.2, 0.25) is 0 Å². The van der Waals surface area contributed by atoms with Gasteiger partial charge in [0.15, 0.2) is 5.16 Å². The summed E-state index contributed by atoms with van der Waals surface area (Å²) >= 11 is 2.56. The highest BCUT2D eigenvalue weighted by atomic mass is 32.2. The number of allylic oxidation sites excluding steroid dienone is 1. The van der Waals surface area contributed by atoms with Gasteiger partial charge in [0.1, 0.15) is 4.83 Å². The number of aromatic nitrogens is 2. The van der Waals surface area contributed by atoms with Gasteiger partial charge >= 0.3 is 6.09 Å².